The average Bonchev–Trinajstić information content (AvgIpc) is 2.93. The van der Waals surface area contributed by atoms with Gasteiger partial charge in [0.2, 0.25) is 15.9 Å². The summed E-state index contributed by atoms with van der Waals surface area (Å²) in [6.45, 7) is 8.97. The molecule has 1 aromatic heterocycles. The summed E-state index contributed by atoms with van der Waals surface area (Å²) in [7, 11) is -1.86. The fourth-order valence-electron chi connectivity index (χ4n) is 3.41. The summed E-state index contributed by atoms with van der Waals surface area (Å²) in [4.78, 5) is 14.5. The number of carbonyl (C=O) groups is 1. The first-order valence-electron chi connectivity index (χ1n) is 8.87. The van der Waals surface area contributed by atoms with Crippen LogP contribution in [-0.4, -0.2) is 61.9 Å². The summed E-state index contributed by atoms with van der Waals surface area (Å²) in [5.41, 5.74) is 5.97. The van der Waals surface area contributed by atoms with Gasteiger partial charge in [0.25, 0.3) is 0 Å². The maximum absolute atomic E-state index is 12.8. The molecule has 1 amide bonds. The zero-order chi connectivity index (χ0) is 19.7. The van der Waals surface area contributed by atoms with Gasteiger partial charge in [0.1, 0.15) is 10.6 Å². The Kier molecular flexibility index (Phi) is 7.87. The monoisotopic (exact) mass is 422 g/mol. The topological polar surface area (TPSA) is 110 Å². The molecule has 1 aliphatic heterocycles. The van der Waals surface area contributed by atoms with Crippen molar-refractivity contribution in [2.24, 2.45) is 17.1 Å². The Morgan fingerprint density at radius 2 is 1.89 bits per heavy atom. The molecule has 2 rings (SSSR count). The first-order valence-corrected chi connectivity index (χ1v) is 10.3. The highest BCUT2D eigenvalue weighted by molar-refractivity contribution is 7.89. The van der Waals surface area contributed by atoms with E-state index < -0.39 is 10.0 Å². The van der Waals surface area contributed by atoms with Crippen molar-refractivity contribution in [1.29, 1.82) is 0 Å². The Balaban J connectivity index is 0.00000364. The lowest BCUT2D eigenvalue weighted by atomic mass is 9.91. The van der Waals surface area contributed by atoms with Gasteiger partial charge in [-0.25, -0.2) is 8.42 Å². The summed E-state index contributed by atoms with van der Waals surface area (Å²) >= 11 is 0. The third kappa shape index (κ3) is 5.22. The second-order valence-corrected chi connectivity index (χ2v) is 9.77. The van der Waals surface area contributed by atoms with Crippen molar-refractivity contribution in [3.63, 3.8) is 0 Å². The Hall–Kier alpha value is -1.16. The Bertz CT molecular complexity index is 735. The number of halogens is 1. The standard InChI is InChI=1S/C17H30N4O4S.ClH/c1-12-15(13(2)25-19-12)26(23,24)21-8-6-14(7-9-21)16(22)20(5)11-17(3,4)10-18;/h14H,6-11,18H2,1-5H3;1H. The number of hydrogen-bond acceptors (Lipinski definition) is 6. The number of sulfonamides is 1. The summed E-state index contributed by atoms with van der Waals surface area (Å²) in [5.74, 6) is 0.190. The van der Waals surface area contributed by atoms with Gasteiger partial charge in [-0.15, -0.1) is 12.4 Å². The van der Waals surface area contributed by atoms with Crippen LogP contribution in [0.2, 0.25) is 0 Å². The van der Waals surface area contributed by atoms with Crippen molar-refractivity contribution >= 4 is 28.3 Å². The van der Waals surface area contributed by atoms with Crippen molar-refractivity contribution in [2.75, 3.05) is 33.2 Å². The molecule has 0 atom stereocenters. The first kappa shape index (κ1) is 23.9. The number of hydrogen-bond donors (Lipinski definition) is 1. The van der Waals surface area contributed by atoms with Gasteiger partial charge in [-0.3, -0.25) is 4.79 Å². The van der Waals surface area contributed by atoms with Gasteiger partial charge in [0.05, 0.1) is 0 Å². The van der Waals surface area contributed by atoms with Crippen LogP contribution in [0.4, 0.5) is 0 Å². The minimum absolute atomic E-state index is 0. The Morgan fingerprint density at radius 3 is 2.33 bits per heavy atom. The molecule has 1 saturated heterocycles. The van der Waals surface area contributed by atoms with E-state index in [0.717, 1.165) is 0 Å². The summed E-state index contributed by atoms with van der Waals surface area (Å²) in [5, 5.41) is 3.73. The van der Waals surface area contributed by atoms with E-state index >= 15 is 0 Å². The Labute approximate surface area is 167 Å². The quantitative estimate of drug-likeness (QED) is 0.744. The van der Waals surface area contributed by atoms with Gasteiger partial charge in [-0.05, 0) is 38.6 Å². The number of aryl methyl sites for hydroxylation is 2. The van der Waals surface area contributed by atoms with Crippen LogP contribution in [0.5, 0.6) is 0 Å². The molecule has 0 unspecified atom stereocenters. The highest BCUT2D eigenvalue weighted by Gasteiger charge is 2.36. The molecule has 1 aromatic rings. The van der Waals surface area contributed by atoms with E-state index in [2.05, 4.69) is 5.16 Å². The highest BCUT2D eigenvalue weighted by Crippen LogP contribution is 2.28. The average molecular weight is 423 g/mol. The zero-order valence-electron chi connectivity index (χ0n) is 16.7. The van der Waals surface area contributed by atoms with Crippen LogP contribution >= 0.6 is 12.4 Å². The largest absolute Gasteiger partial charge is 0.360 e. The van der Waals surface area contributed by atoms with Crippen LogP contribution in [0.1, 0.15) is 38.1 Å². The van der Waals surface area contributed by atoms with E-state index in [0.29, 0.717) is 50.5 Å². The minimum Gasteiger partial charge on any atom is -0.360 e. The number of nitrogens with two attached hydrogens (primary N) is 1. The third-order valence-electron chi connectivity index (χ3n) is 4.96. The van der Waals surface area contributed by atoms with Crippen LogP contribution in [0.3, 0.4) is 0 Å². The summed E-state index contributed by atoms with van der Waals surface area (Å²) < 4.78 is 32.1. The van der Waals surface area contributed by atoms with E-state index in [1.165, 1.54) is 4.31 Å². The van der Waals surface area contributed by atoms with Crippen molar-refractivity contribution in [2.45, 2.75) is 45.4 Å². The number of amides is 1. The SMILES string of the molecule is Cc1noc(C)c1S(=O)(=O)N1CCC(C(=O)N(C)CC(C)(C)CN)CC1.Cl. The van der Waals surface area contributed by atoms with Crippen LogP contribution in [0, 0.1) is 25.2 Å². The summed E-state index contributed by atoms with van der Waals surface area (Å²) in [6, 6.07) is 0. The molecule has 10 heteroatoms. The molecule has 0 bridgehead atoms. The molecule has 0 radical (unpaired) electrons. The maximum Gasteiger partial charge on any atom is 0.248 e. The second kappa shape index (κ2) is 8.89. The molecule has 0 aliphatic carbocycles. The van der Waals surface area contributed by atoms with Gasteiger partial charge in [0, 0.05) is 32.6 Å². The fourth-order valence-corrected chi connectivity index (χ4v) is 5.17. The molecule has 2 heterocycles. The number of nitrogens with zero attached hydrogens (tertiary/aromatic N) is 3. The molecule has 27 heavy (non-hydrogen) atoms. The van der Waals surface area contributed by atoms with Gasteiger partial charge < -0.3 is 15.2 Å². The predicted octanol–water partition coefficient (Wildman–Crippen LogP) is 1.56. The Morgan fingerprint density at radius 1 is 1.33 bits per heavy atom. The van der Waals surface area contributed by atoms with Crippen molar-refractivity contribution in [3.8, 4) is 0 Å². The molecule has 0 saturated carbocycles. The third-order valence-corrected chi connectivity index (χ3v) is 7.11. The first-order chi connectivity index (χ1) is 12.0. The van der Waals surface area contributed by atoms with E-state index in [9.17, 15) is 13.2 Å². The van der Waals surface area contributed by atoms with Gasteiger partial charge >= 0.3 is 0 Å². The van der Waals surface area contributed by atoms with Crippen LogP contribution in [0.25, 0.3) is 0 Å². The van der Waals surface area contributed by atoms with Gasteiger partial charge in [0.15, 0.2) is 5.76 Å². The lowest BCUT2D eigenvalue weighted by molar-refractivity contribution is -0.136. The van der Waals surface area contributed by atoms with E-state index in [1.54, 1.807) is 25.8 Å². The van der Waals surface area contributed by atoms with Crippen molar-refractivity contribution < 1.29 is 17.7 Å². The summed E-state index contributed by atoms with van der Waals surface area (Å²) in [6.07, 6.45) is 1.02. The second-order valence-electron chi connectivity index (χ2n) is 7.89. The van der Waals surface area contributed by atoms with Crippen LogP contribution < -0.4 is 5.73 Å². The predicted molar refractivity (Wildman–Crippen MR) is 105 cm³/mol. The molecule has 0 spiro atoms. The number of carbonyl (C=O) groups excluding carboxylic acids is 1. The van der Waals surface area contributed by atoms with Crippen LogP contribution in [-0.2, 0) is 14.8 Å². The fraction of sp³-hybridized carbons (Fsp3) is 0.765. The van der Waals surface area contributed by atoms with Gasteiger partial charge in [-0.1, -0.05) is 19.0 Å². The number of piperidine rings is 1. The lowest BCUT2D eigenvalue weighted by Crippen LogP contribution is -2.46. The zero-order valence-corrected chi connectivity index (χ0v) is 18.3. The smallest absolute Gasteiger partial charge is 0.248 e. The lowest BCUT2D eigenvalue weighted by Gasteiger charge is -2.35. The van der Waals surface area contributed by atoms with E-state index in [-0.39, 0.29) is 34.5 Å². The minimum atomic E-state index is -3.65. The molecule has 8 nitrogen and oxygen atoms in total. The van der Waals surface area contributed by atoms with Crippen LogP contribution in [0.15, 0.2) is 9.42 Å². The van der Waals surface area contributed by atoms with Crippen molar-refractivity contribution in [1.82, 2.24) is 14.4 Å². The maximum atomic E-state index is 12.8. The number of rotatable bonds is 6. The molecular formula is C17H31ClN4O4S. The molecule has 0 aromatic carbocycles. The molecular weight excluding hydrogens is 392 g/mol. The van der Waals surface area contributed by atoms with E-state index in [1.807, 2.05) is 13.8 Å². The highest BCUT2D eigenvalue weighted by atomic mass is 35.5. The molecule has 1 fully saturated rings. The number of aromatic nitrogens is 1. The molecule has 2 N–H and O–H groups in total. The van der Waals surface area contributed by atoms with Crippen molar-refractivity contribution in [3.05, 3.63) is 11.5 Å². The molecule has 1 aliphatic rings. The molecule has 156 valence electrons. The van der Waals surface area contributed by atoms with E-state index in [4.69, 9.17) is 10.3 Å². The van der Waals surface area contributed by atoms with Gasteiger partial charge in [-0.2, -0.15) is 4.31 Å². The normalized spacial score (nSPS) is 16.8.